The monoisotopic (exact) mass is 799 g/mol. The number of carbonyl (C=O) groups excluding carboxylic acids is 4. The molecule has 21 nitrogen and oxygen atoms in total. The first-order valence-corrected chi connectivity index (χ1v) is 15.8. The standard InChI is InChI=1S/C36H30O21/c37-17-3-1-13(5-18(17)38)2-4-26(45)53-12-25-31(55-33(50)14-6-19(39)27(46)20(40)7-14)32(56-34(51)15-8-21(41)28(47)22(42)9-15)30(49)36(54-25)57-35(52)16-10-23(43)29(48)24(44)11-16/h1-11,25,30-32,36-44,46-49H,12H2/b4-2+/t25-,30-,31-,32-,36?/m1/s1/i2D. The third-order valence-electron chi connectivity index (χ3n) is 7.96. The zero-order chi connectivity index (χ0) is 42.7. The zero-order valence-corrected chi connectivity index (χ0v) is 28.4. The number of carbonyl (C=O) groups is 4. The van der Waals surface area contributed by atoms with Crippen LogP contribution in [0.5, 0.6) is 63.2 Å². The third kappa shape index (κ3) is 8.96. The van der Waals surface area contributed by atoms with Gasteiger partial charge in [-0.15, -0.1) is 0 Å². The minimum Gasteiger partial charge on any atom is -0.504 e. The van der Waals surface area contributed by atoms with Crippen LogP contribution in [0.15, 0.2) is 60.7 Å². The number of benzene rings is 4. The molecule has 57 heavy (non-hydrogen) atoms. The van der Waals surface area contributed by atoms with Crippen molar-refractivity contribution in [3.05, 3.63) is 82.9 Å². The maximum Gasteiger partial charge on any atom is 0.340 e. The molecule has 1 fully saturated rings. The molecule has 300 valence electrons. The molecule has 0 amide bonds. The van der Waals surface area contributed by atoms with Crippen LogP contribution in [0.3, 0.4) is 0 Å². The van der Waals surface area contributed by atoms with E-state index < -0.39 is 147 Å². The van der Waals surface area contributed by atoms with E-state index in [9.17, 15) is 80.5 Å². The van der Waals surface area contributed by atoms with Gasteiger partial charge in [0.1, 0.15) is 12.7 Å². The summed E-state index contributed by atoms with van der Waals surface area (Å²) in [4.78, 5) is 52.8. The fourth-order valence-corrected chi connectivity index (χ4v) is 5.09. The van der Waals surface area contributed by atoms with E-state index in [-0.39, 0.29) is 5.56 Å². The fraction of sp³-hybridized carbons (Fsp3) is 0.167. The van der Waals surface area contributed by atoms with Crippen LogP contribution in [-0.2, 0) is 28.5 Å². The molecule has 0 radical (unpaired) electrons. The number of aliphatic hydroxyl groups excluding tert-OH is 1. The van der Waals surface area contributed by atoms with Crippen molar-refractivity contribution in [2.45, 2.75) is 30.7 Å². The van der Waals surface area contributed by atoms with Gasteiger partial charge in [-0.2, -0.15) is 0 Å². The predicted octanol–water partition coefficient (Wildman–Crippen LogP) is 1.40. The number of rotatable bonds is 10. The smallest absolute Gasteiger partial charge is 0.340 e. The highest BCUT2D eigenvalue weighted by molar-refractivity contribution is 5.93. The molecule has 0 spiro atoms. The molecule has 21 heteroatoms. The van der Waals surface area contributed by atoms with Gasteiger partial charge in [-0.05, 0) is 60.1 Å². The molecule has 5 atom stereocenters. The van der Waals surface area contributed by atoms with E-state index in [0.29, 0.717) is 42.5 Å². The summed E-state index contributed by atoms with van der Waals surface area (Å²) in [6.07, 6.45) is -10.5. The summed E-state index contributed by atoms with van der Waals surface area (Å²) in [5, 5.41) is 120. The van der Waals surface area contributed by atoms with E-state index >= 15 is 0 Å². The number of hydrogen-bond donors (Lipinski definition) is 12. The van der Waals surface area contributed by atoms with Gasteiger partial charge in [0.05, 0.1) is 18.1 Å². The lowest BCUT2D eigenvalue weighted by Gasteiger charge is -2.42. The van der Waals surface area contributed by atoms with Crippen LogP contribution < -0.4 is 0 Å². The van der Waals surface area contributed by atoms with Crippen LogP contribution in [0, 0.1) is 0 Å². The van der Waals surface area contributed by atoms with Gasteiger partial charge in [-0.25, -0.2) is 19.2 Å². The molecule has 0 aromatic heterocycles. The quantitative estimate of drug-likeness (QED) is 0.0466. The van der Waals surface area contributed by atoms with Gasteiger partial charge < -0.3 is 85.0 Å². The first-order chi connectivity index (χ1) is 27.2. The Morgan fingerprint density at radius 1 is 0.579 bits per heavy atom. The van der Waals surface area contributed by atoms with E-state index in [0.717, 1.165) is 12.1 Å². The highest BCUT2D eigenvalue weighted by atomic mass is 16.7. The SMILES string of the molecule is [2H]/C(=C\C(=O)OC[C@H]1OC(OC(=O)c2cc(O)c(O)c(O)c2)[C@H](O)[C@@H](OC(=O)c2cc(O)c(O)c(O)c2)[C@@H]1OC(=O)c1cc(O)c(O)c(O)c1)c1ccc(O)c(O)c1. The summed E-state index contributed by atoms with van der Waals surface area (Å²) in [5.41, 5.74) is -2.09. The van der Waals surface area contributed by atoms with Crippen molar-refractivity contribution < 1.29 is 106 Å². The second kappa shape index (κ2) is 16.3. The van der Waals surface area contributed by atoms with E-state index in [1.807, 2.05) is 0 Å². The van der Waals surface area contributed by atoms with Crippen LogP contribution in [0.1, 0.15) is 38.0 Å². The highest BCUT2D eigenvalue weighted by Gasteiger charge is 2.52. The van der Waals surface area contributed by atoms with Crippen molar-refractivity contribution in [1.29, 1.82) is 0 Å². The Bertz CT molecular complexity index is 2250. The number of esters is 4. The Labute approximate surface area is 318 Å². The average Bonchev–Trinajstić information content (AvgIpc) is 3.16. The summed E-state index contributed by atoms with van der Waals surface area (Å²) in [5.74, 6) is -16.1. The van der Waals surface area contributed by atoms with E-state index in [1.165, 1.54) is 6.07 Å². The molecule has 5 rings (SSSR count). The van der Waals surface area contributed by atoms with Crippen LogP contribution in [0.2, 0.25) is 0 Å². The van der Waals surface area contributed by atoms with Gasteiger partial charge >= 0.3 is 23.9 Å². The van der Waals surface area contributed by atoms with Crippen LogP contribution >= 0.6 is 0 Å². The molecular formula is C36H30O21. The van der Waals surface area contributed by atoms with Gasteiger partial charge in [0.2, 0.25) is 6.29 Å². The second-order valence-corrected chi connectivity index (χ2v) is 11.9. The Kier molecular flexibility index (Phi) is 11.1. The molecule has 1 unspecified atom stereocenters. The molecular weight excluding hydrogens is 768 g/mol. The summed E-state index contributed by atoms with van der Waals surface area (Å²) >= 11 is 0. The lowest BCUT2D eigenvalue weighted by atomic mass is 9.98. The van der Waals surface area contributed by atoms with Crippen molar-refractivity contribution in [2.75, 3.05) is 6.61 Å². The maximum absolute atomic E-state index is 13.4. The topological polar surface area (TPSA) is 357 Å². The summed E-state index contributed by atoms with van der Waals surface area (Å²) < 4.78 is 35.0. The Hall–Kier alpha value is -7.78. The zero-order valence-electron chi connectivity index (χ0n) is 29.4. The molecule has 1 heterocycles. The van der Waals surface area contributed by atoms with Crippen LogP contribution in [0.25, 0.3) is 6.05 Å². The number of ether oxygens (including phenoxy) is 5. The van der Waals surface area contributed by atoms with Crippen molar-refractivity contribution in [2.24, 2.45) is 0 Å². The fourth-order valence-electron chi connectivity index (χ4n) is 5.09. The van der Waals surface area contributed by atoms with Gasteiger partial charge in [-0.1, -0.05) is 6.07 Å². The number of phenolic OH excluding ortho intramolecular Hbond substituents is 11. The maximum atomic E-state index is 13.4. The summed E-state index contributed by atoms with van der Waals surface area (Å²) in [6.45, 7) is -1.07. The molecule has 1 aliphatic heterocycles. The van der Waals surface area contributed by atoms with Crippen LogP contribution in [0.4, 0.5) is 0 Å². The average molecular weight is 800 g/mol. The van der Waals surface area contributed by atoms with E-state index in [1.54, 1.807) is 0 Å². The van der Waals surface area contributed by atoms with Gasteiger partial charge in [0.25, 0.3) is 0 Å². The summed E-state index contributed by atoms with van der Waals surface area (Å²) in [7, 11) is 0. The van der Waals surface area contributed by atoms with Crippen molar-refractivity contribution in [3.8, 4) is 63.2 Å². The Balaban J connectivity index is 1.54. The second-order valence-electron chi connectivity index (χ2n) is 11.9. The molecule has 4 aromatic rings. The number of aliphatic hydroxyl groups is 1. The van der Waals surface area contributed by atoms with E-state index in [2.05, 4.69) is 0 Å². The molecule has 0 saturated carbocycles. The molecule has 0 bridgehead atoms. The number of hydrogen-bond acceptors (Lipinski definition) is 21. The molecule has 1 aliphatic rings. The summed E-state index contributed by atoms with van der Waals surface area (Å²) in [6, 6.07) is 6.34. The predicted molar refractivity (Wildman–Crippen MR) is 183 cm³/mol. The minimum atomic E-state index is -2.40. The molecule has 0 aliphatic carbocycles. The Morgan fingerprint density at radius 2 is 1.00 bits per heavy atom. The first-order valence-electron chi connectivity index (χ1n) is 16.3. The van der Waals surface area contributed by atoms with Gasteiger partial charge in [0, 0.05) is 6.08 Å². The number of aromatic hydroxyl groups is 11. The van der Waals surface area contributed by atoms with Gasteiger partial charge in [0.15, 0.2) is 81.6 Å². The highest BCUT2D eigenvalue weighted by Crippen LogP contribution is 2.39. The number of phenols is 11. The normalized spacial score (nSPS) is 19.5. The van der Waals surface area contributed by atoms with Crippen LogP contribution in [-0.4, -0.2) is 122 Å². The van der Waals surface area contributed by atoms with Gasteiger partial charge in [-0.3, -0.25) is 0 Å². The molecule has 1 saturated heterocycles. The third-order valence-corrected chi connectivity index (χ3v) is 7.96. The lowest BCUT2D eigenvalue weighted by molar-refractivity contribution is -0.284. The molecule has 4 aromatic carbocycles. The van der Waals surface area contributed by atoms with E-state index in [4.69, 9.17) is 25.1 Å². The van der Waals surface area contributed by atoms with Crippen molar-refractivity contribution in [3.63, 3.8) is 0 Å². The minimum absolute atomic E-state index is 0.0759. The lowest BCUT2D eigenvalue weighted by Crippen LogP contribution is -2.62. The van der Waals surface area contributed by atoms with Crippen molar-refractivity contribution >= 4 is 29.9 Å². The molecule has 12 N–H and O–H groups in total. The Morgan fingerprint density at radius 3 is 1.44 bits per heavy atom. The largest absolute Gasteiger partial charge is 0.504 e. The van der Waals surface area contributed by atoms with Crippen molar-refractivity contribution in [1.82, 2.24) is 0 Å². The first kappa shape index (κ1) is 38.9.